The molecule has 1 saturated heterocycles. The first-order valence-corrected chi connectivity index (χ1v) is 8.16. The van der Waals surface area contributed by atoms with Gasteiger partial charge in [-0.3, -0.25) is 4.79 Å². The largest absolute Gasteiger partial charge is 0.497 e. The van der Waals surface area contributed by atoms with Crippen molar-refractivity contribution in [2.45, 2.75) is 38.5 Å². The minimum Gasteiger partial charge on any atom is -0.497 e. The summed E-state index contributed by atoms with van der Waals surface area (Å²) < 4.78 is 7.17. The third-order valence-corrected chi connectivity index (χ3v) is 4.44. The predicted octanol–water partition coefficient (Wildman–Crippen LogP) is 2.42. The highest BCUT2D eigenvalue weighted by Crippen LogP contribution is 2.34. The van der Waals surface area contributed by atoms with Crippen LogP contribution in [-0.2, 0) is 0 Å². The molecule has 1 amide bonds. The van der Waals surface area contributed by atoms with Crippen LogP contribution in [0.15, 0.2) is 36.8 Å². The number of carbonyl (C=O) groups is 1. The van der Waals surface area contributed by atoms with Crippen LogP contribution in [0.4, 0.5) is 0 Å². The highest BCUT2D eigenvalue weighted by atomic mass is 16.5. The lowest BCUT2D eigenvalue weighted by atomic mass is 10.0. The summed E-state index contributed by atoms with van der Waals surface area (Å²) in [6.07, 6.45) is 3.42. The van der Waals surface area contributed by atoms with Crippen molar-refractivity contribution >= 4 is 5.91 Å². The molecule has 0 saturated carbocycles. The molecule has 1 aromatic heterocycles. The van der Waals surface area contributed by atoms with Gasteiger partial charge in [-0.25, -0.2) is 4.98 Å². The Morgan fingerprint density at radius 1 is 1.42 bits per heavy atom. The average Bonchev–Trinajstić information content (AvgIpc) is 3.21. The lowest BCUT2D eigenvalue weighted by molar-refractivity contribution is 0.0710. The van der Waals surface area contributed by atoms with Crippen LogP contribution >= 0.6 is 0 Å². The highest BCUT2D eigenvalue weighted by Gasteiger charge is 2.36. The number of amides is 1. The van der Waals surface area contributed by atoms with Crippen LogP contribution in [0, 0.1) is 0 Å². The van der Waals surface area contributed by atoms with E-state index in [-0.39, 0.29) is 18.0 Å². The summed E-state index contributed by atoms with van der Waals surface area (Å²) in [5.74, 6) is 0.587. The number of β-amino-alcohol motifs (C(OH)–C–C–N with tert-alkyl or cyclic N) is 1. The highest BCUT2D eigenvalue weighted by molar-refractivity contribution is 5.92. The predicted molar refractivity (Wildman–Crippen MR) is 90.0 cm³/mol. The number of rotatable bonds is 4. The Bertz CT molecular complexity index is 726. The van der Waals surface area contributed by atoms with Crippen molar-refractivity contribution in [2.24, 2.45) is 0 Å². The van der Waals surface area contributed by atoms with Gasteiger partial charge >= 0.3 is 0 Å². The third-order valence-electron chi connectivity index (χ3n) is 4.44. The fourth-order valence-electron chi connectivity index (χ4n) is 3.08. The zero-order chi connectivity index (χ0) is 17.3. The SMILES string of the molecule is COc1cccc([C@H]2C[C@@H](O)CN2C(=O)c2cn(C(C)C)cn2)c1. The summed E-state index contributed by atoms with van der Waals surface area (Å²) in [6.45, 7) is 4.39. The number of ether oxygens (including phenoxy) is 1. The van der Waals surface area contributed by atoms with E-state index < -0.39 is 6.10 Å². The van der Waals surface area contributed by atoms with E-state index in [9.17, 15) is 9.90 Å². The Balaban J connectivity index is 1.87. The number of aliphatic hydroxyl groups excluding tert-OH is 1. The van der Waals surface area contributed by atoms with Crippen LogP contribution < -0.4 is 4.74 Å². The quantitative estimate of drug-likeness (QED) is 0.935. The zero-order valence-electron chi connectivity index (χ0n) is 14.2. The van der Waals surface area contributed by atoms with Crippen molar-refractivity contribution in [3.05, 3.63) is 48.0 Å². The number of hydrogen-bond donors (Lipinski definition) is 1. The summed E-state index contributed by atoms with van der Waals surface area (Å²) in [5, 5.41) is 10.1. The first kappa shape index (κ1) is 16.5. The molecule has 3 rings (SSSR count). The van der Waals surface area contributed by atoms with Gasteiger partial charge in [-0.1, -0.05) is 12.1 Å². The minimum atomic E-state index is -0.530. The van der Waals surface area contributed by atoms with Crippen molar-refractivity contribution in [3.8, 4) is 5.75 Å². The fourth-order valence-corrected chi connectivity index (χ4v) is 3.08. The summed E-state index contributed by atoms with van der Waals surface area (Å²) in [6, 6.07) is 7.71. The molecule has 1 aliphatic rings. The lowest BCUT2D eigenvalue weighted by Gasteiger charge is -2.24. The van der Waals surface area contributed by atoms with Crippen LogP contribution in [0.1, 0.15) is 48.4 Å². The standard InChI is InChI=1S/C18H23N3O3/c1-12(2)20-10-16(19-11-20)18(23)21-9-14(22)8-17(21)13-5-4-6-15(7-13)24-3/h4-7,10-12,14,17,22H,8-9H2,1-3H3/t14-,17-/m1/s1. The van der Waals surface area contributed by atoms with Gasteiger partial charge in [-0.15, -0.1) is 0 Å². The Morgan fingerprint density at radius 3 is 2.88 bits per heavy atom. The Kier molecular flexibility index (Phi) is 4.57. The molecule has 0 radical (unpaired) electrons. The number of imidazole rings is 1. The number of benzene rings is 1. The maximum Gasteiger partial charge on any atom is 0.274 e. The molecule has 0 aliphatic carbocycles. The van der Waals surface area contributed by atoms with Crippen molar-refractivity contribution in [1.82, 2.24) is 14.5 Å². The van der Waals surface area contributed by atoms with Gasteiger partial charge in [0.15, 0.2) is 0 Å². The Morgan fingerprint density at radius 2 is 2.21 bits per heavy atom. The van der Waals surface area contributed by atoms with E-state index in [4.69, 9.17) is 4.74 Å². The average molecular weight is 329 g/mol. The first-order valence-electron chi connectivity index (χ1n) is 8.16. The second-order valence-corrected chi connectivity index (χ2v) is 6.44. The molecule has 1 aliphatic heterocycles. The molecule has 1 N–H and O–H groups in total. The molecule has 1 aromatic carbocycles. The summed E-state index contributed by atoms with van der Waals surface area (Å²) in [5.41, 5.74) is 1.37. The van der Waals surface area contributed by atoms with Gasteiger partial charge in [0, 0.05) is 18.8 Å². The first-order chi connectivity index (χ1) is 11.5. The van der Waals surface area contributed by atoms with Gasteiger partial charge in [-0.2, -0.15) is 0 Å². The van der Waals surface area contributed by atoms with E-state index >= 15 is 0 Å². The maximum absolute atomic E-state index is 12.9. The Labute approximate surface area is 141 Å². The van der Waals surface area contributed by atoms with Gasteiger partial charge in [-0.05, 0) is 38.0 Å². The number of methoxy groups -OCH3 is 1. The third kappa shape index (κ3) is 3.14. The molecular formula is C18H23N3O3. The monoisotopic (exact) mass is 329 g/mol. The minimum absolute atomic E-state index is 0.154. The van der Waals surface area contributed by atoms with Gasteiger partial charge in [0.25, 0.3) is 5.91 Å². The van der Waals surface area contributed by atoms with Crippen molar-refractivity contribution in [3.63, 3.8) is 0 Å². The molecule has 0 unspecified atom stereocenters. The van der Waals surface area contributed by atoms with Crippen LogP contribution in [0.2, 0.25) is 0 Å². The second-order valence-electron chi connectivity index (χ2n) is 6.44. The molecule has 2 atom stereocenters. The smallest absolute Gasteiger partial charge is 0.274 e. The molecule has 24 heavy (non-hydrogen) atoms. The maximum atomic E-state index is 12.9. The van der Waals surface area contributed by atoms with Gasteiger partial charge < -0.3 is 19.3 Å². The number of aliphatic hydroxyl groups is 1. The van der Waals surface area contributed by atoms with Gasteiger partial charge in [0.2, 0.25) is 0 Å². The van der Waals surface area contributed by atoms with E-state index in [0.717, 1.165) is 11.3 Å². The van der Waals surface area contributed by atoms with Crippen LogP contribution in [0.5, 0.6) is 5.75 Å². The van der Waals surface area contributed by atoms with E-state index in [1.165, 1.54) is 0 Å². The molecule has 128 valence electrons. The number of likely N-dealkylation sites (tertiary alicyclic amines) is 1. The number of carbonyl (C=O) groups excluding carboxylic acids is 1. The van der Waals surface area contributed by atoms with Gasteiger partial charge in [0.05, 0.1) is 25.6 Å². The van der Waals surface area contributed by atoms with Crippen LogP contribution in [0.25, 0.3) is 0 Å². The van der Waals surface area contributed by atoms with Crippen LogP contribution in [-0.4, -0.2) is 45.2 Å². The van der Waals surface area contributed by atoms with Crippen molar-refractivity contribution < 1.29 is 14.6 Å². The normalized spacial score (nSPS) is 20.6. The van der Waals surface area contributed by atoms with E-state index in [1.807, 2.05) is 42.7 Å². The molecule has 6 nitrogen and oxygen atoms in total. The Hall–Kier alpha value is -2.34. The van der Waals surface area contributed by atoms with Crippen molar-refractivity contribution in [2.75, 3.05) is 13.7 Å². The second kappa shape index (κ2) is 6.65. The fraction of sp³-hybridized carbons (Fsp3) is 0.444. The topological polar surface area (TPSA) is 67.6 Å². The van der Waals surface area contributed by atoms with E-state index in [0.29, 0.717) is 18.7 Å². The molecule has 1 fully saturated rings. The van der Waals surface area contributed by atoms with E-state index in [2.05, 4.69) is 4.98 Å². The van der Waals surface area contributed by atoms with E-state index in [1.54, 1.807) is 24.5 Å². The number of nitrogens with zero attached hydrogens (tertiary/aromatic N) is 3. The van der Waals surface area contributed by atoms with Gasteiger partial charge in [0.1, 0.15) is 11.4 Å². The zero-order valence-corrected chi connectivity index (χ0v) is 14.2. The molecule has 6 heteroatoms. The number of aromatic nitrogens is 2. The molecular weight excluding hydrogens is 306 g/mol. The summed E-state index contributed by atoms with van der Waals surface area (Å²) in [4.78, 5) is 18.8. The number of hydrogen-bond acceptors (Lipinski definition) is 4. The van der Waals surface area contributed by atoms with Crippen molar-refractivity contribution in [1.29, 1.82) is 0 Å². The lowest BCUT2D eigenvalue weighted by Crippen LogP contribution is -2.32. The summed E-state index contributed by atoms with van der Waals surface area (Å²) >= 11 is 0. The van der Waals surface area contributed by atoms with Crippen LogP contribution in [0.3, 0.4) is 0 Å². The molecule has 2 aromatic rings. The molecule has 0 bridgehead atoms. The summed E-state index contributed by atoms with van der Waals surface area (Å²) in [7, 11) is 1.62. The molecule has 0 spiro atoms. The molecule has 2 heterocycles.